The number of methoxy groups -OCH3 is 1. The van der Waals surface area contributed by atoms with Crippen molar-refractivity contribution in [3.8, 4) is 5.75 Å². The predicted octanol–water partition coefficient (Wildman–Crippen LogP) is 7.01. The van der Waals surface area contributed by atoms with Gasteiger partial charge in [0.2, 0.25) is 9.04 Å². The van der Waals surface area contributed by atoms with Crippen LogP contribution in [0.25, 0.3) is 0 Å². The normalized spacial score (nSPS) is 27.3. The fraction of sp³-hybridized carbons (Fsp3) is 0.778. The number of rotatable bonds is 6. The molecule has 0 aromatic heterocycles. The van der Waals surface area contributed by atoms with E-state index in [4.69, 9.17) is 18.9 Å². The lowest BCUT2D eigenvalue weighted by Gasteiger charge is -2.62. The average molecular weight is 461 g/mol. The second kappa shape index (κ2) is 9.40. The zero-order valence-corrected chi connectivity index (χ0v) is 22.3. The van der Waals surface area contributed by atoms with Crippen LogP contribution in [0.1, 0.15) is 96.1 Å². The Hall–Kier alpha value is -0.883. The molecule has 0 radical (unpaired) electrons. The Balaban J connectivity index is 1.89. The molecule has 1 atom stereocenters. The van der Waals surface area contributed by atoms with Gasteiger partial charge in [0.05, 0.1) is 5.56 Å². The van der Waals surface area contributed by atoms with Gasteiger partial charge in [-0.05, 0) is 67.7 Å². The largest absolute Gasteiger partial charge is 0.546 e. The van der Waals surface area contributed by atoms with Gasteiger partial charge >= 0.3 is 0 Å². The SMILES string of the molecule is COC1(c2cccc(C(C)(C)C)c2O[SiH](C)C)OOC1(C1CCCCC1)C1CCCCC1. The Labute approximate surface area is 197 Å². The van der Waals surface area contributed by atoms with E-state index in [2.05, 4.69) is 52.1 Å². The van der Waals surface area contributed by atoms with E-state index in [9.17, 15) is 0 Å². The highest BCUT2D eigenvalue weighted by Crippen LogP contribution is 2.63. The summed E-state index contributed by atoms with van der Waals surface area (Å²) in [5.74, 6) is 0.977. The lowest BCUT2D eigenvalue weighted by molar-refractivity contribution is -0.639. The molecule has 3 fully saturated rings. The number of ether oxygens (including phenoxy) is 1. The molecular weight excluding hydrogens is 416 g/mol. The lowest BCUT2D eigenvalue weighted by Crippen LogP contribution is -2.73. The van der Waals surface area contributed by atoms with Crippen LogP contribution in [0.5, 0.6) is 5.75 Å². The van der Waals surface area contributed by atoms with Gasteiger partial charge < -0.3 is 9.16 Å². The third-order valence-corrected chi connectivity index (χ3v) is 8.76. The smallest absolute Gasteiger partial charge is 0.264 e. The van der Waals surface area contributed by atoms with Crippen molar-refractivity contribution >= 4 is 9.04 Å². The van der Waals surface area contributed by atoms with Crippen molar-refractivity contribution in [3.05, 3.63) is 29.3 Å². The van der Waals surface area contributed by atoms with Gasteiger partial charge in [-0.25, -0.2) is 4.89 Å². The van der Waals surface area contributed by atoms with Crippen molar-refractivity contribution in [3.63, 3.8) is 0 Å². The molecule has 2 aliphatic carbocycles. The van der Waals surface area contributed by atoms with Gasteiger partial charge in [0.1, 0.15) is 5.75 Å². The minimum Gasteiger partial charge on any atom is -0.546 e. The summed E-state index contributed by atoms with van der Waals surface area (Å²) in [6.07, 6.45) is 12.5. The maximum Gasteiger partial charge on any atom is 0.264 e. The summed E-state index contributed by atoms with van der Waals surface area (Å²) < 4.78 is 13.1. The quantitative estimate of drug-likeness (QED) is 0.338. The molecule has 4 nitrogen and oxygen atoms in total. The maximum atomic E-state index is 6.68. The van der Waals surface area contributed by atoms with E-state index in [0.29, 0.717) is 11.8 Å². The predicted molar refractivity (Wildman–Crippen MR) is 131 cm³/mol. The molecule has 32 heavy (non-hydrogen) atoms. The molecule has 180 valence electrons. The first-order valence-corrected chi connectivity index (χ1v) is 15.8. The second-order valence-corrected chi connectivity index (χ2v) is 13.9. The van der Waals surface area contributed by atoms with Crippen LogP contribution in [0.15, 0.2) is 18.2 Å². The molecule has 0 bridgehead atoms. The first-order valence-electron chi connectivity index (χ1n) is 13.0. The van der Waals surface area contributed by atoms with Crippen LogP contribution >= 0.6 is 0 Å². The number of hydrogen-bond donors (Lipinski definition) is 0. The zero-order valence-electron chi connectivity index (χ0n) is 21.2. The Morgan fingerprint density at radius 2 is 1.44 bits per heavy atom. The van der Waals surface area contributed by atoms with Gasteiger partial charge in [-0.2, -0.15) is 4.89 Å². The van der Waals surface area contributed by atoms with Gasteiger partial charge in [-0.15, -0.1) is 0 Å². The number of hydrogen-bond acceptors (Lipinski definition) is 4. The number of benzene rings is 1. The van der Waals surface area contributed by atoms with E-state index in [0.717, 1.165) is 11.3 Å². The summed E-state index contributed by atoms with van der Waals surface area (Å²) in [6, 6.07) is 6.54. The van der Waals surface area contributed by atoms with E-state index >= 15 is 0 Å². The van der Waals surface area contributed by atoms with Crippen LogP contribution in [0.2, 0.25) is 13.1 Å². The van der Waals surface area contributed by atoms with E-state index < -0.39 is 20.4 Å². The third-order valence-electron chi connectivity index (χ3n) is 8.05. The molecule has 0 spiro atoms. The zero-order chi connectivity index (χ0) is 23.0. The topological polar surface area (TPSA) is 36.9 Å². The minimum absolute atomic E-state index is 0.0352. The summed E-state index contributed by atoms with van der Waals surface area (Å²) in [6.45, 7) is 11.2. The highest BCUT2D eigenvalue weighted by molar-refractivity contribution is 6.49. The van der Waals surface area contributed by atoms with Crippen molar-refractivity contribution < 1.29 is 18.9 Å². The lowest BCUT2D eigenvalue weighted by atomic mass is 9.60. The summed E-state index contributed by atoms with van der Waals surface area (Å²) in [5.41, 5.74) is 1.79. The van der Waals surface area contributed by atoms with E-state index in [1.165, 1.54) is 69.8 Å². The molecule has 4 rings (SSSR count). The van der Waals surface area contributed by atoms with Crippen molar-refractivity contribution in [2.75, 3.05) is 7.11 Å². The van der Waals surface area contributed by atoms with Crippen LogP contribution in [-0.2, 0) is 25.7 Å². The van der Waals surface area contributed by atoms with Crippen molar-refractivity contribution in [2.45, 2.75) is 115 Å². The molecule has 1 aromatic carbocycles. The van der Waals surface area contributed by atoms with E-state index in [1.807, 2.05) is 7.11 Å². The number of para-hydroxylation sites is 1. The van der Waals surface area contributed by atoms with E-state index in [1.54, 1.807) is 0 Å². The summed E-state index contributed by atoms with van der Waals surface area (Å²) in [4.78, 5) is 12.6. The first-order chi connectivity index (χ1) is 15.3. The molecule has 1 aromatic rings. The van der Waals surface area contributed by atoms with E-state index in [-0.39, 0.29) is 5.41 Å². The Morgan fingerprint density at radius 1 is 0.875 bits per heavy atom. The van der Waals surface area contributed by atoms with Crippen LogP contribution in [-0.4, -0.2) is 21.8 Å². The Kier molecular flexibility index (Phi) is 7.12. The highest BCUT2D eigenvalue weighted by atomic mass is 28.3. The molecule has 0 N–H and O–H groups in total. The molecule has 0 amide bonds. The van der Waals surface area contributed by atoms with Gasteiger partial charge in [-0.3, -0.25) is 0 Å². The van der Waals surface area contributed by atoms with Gasteiger partial charge in [0, 0.05) is 7.11 Å². The molecule has 1 unspecified atom stereocenters. The standard InChI is InChI=1S/C27H44O4Si/c1-25(2,3)22-18-13-19-23(24(22)29-32(5)6)27(28-4)26(30-31-27,20-14-9-7-10-15-20)21-16-11-8-12-17-21/h13,18-21,32H,7-12,14-17H2,1-6H3. The second-order valence-electron chi connectivity index (χ2n) is 11.5. The van der Waals surface area contributed by atoms with Gasteiger partial charge in [0.25, 0.3) is 5.79 Å². The van der Waals surface area contributed by atoms with Gasteiger partial charge in [-0.1, -0.05) is 71.4 Å². The molecular formula is C27H44O4Si. The Morgan fingerprint density at radius 3 is 1.84 bits per heavy atom. The monoisotopic (exact) mass is 460 g/mol. The van der Waals surface area contributed by atoms with Crippen LogP contribution in [0.4, 0.5) is 0 Å². The maximum absolute atomic E-state index is 6.68. The fourth-order valence-electron chi connectivity index (χ4n) is 6.59. The molecule has 3 aliphatic rings. The first kappa shape index (κ1) is 24.2. The summed E-state index contributed by atoms with van der Waals surface area (Å²) in [5, 5.41) is 0. The van der Waals surface area contributed by atoms with Gasteiger partial charge in [0.15, 0.2) is 5.60 Å². The van der Waals surface area contributed by atoms with Crippen LogP contribution < -0.4 is 4.43 Å². The average Bonchev–Trinajstić information content (AvgIpc) is 2.75. The molecule has 1 aliphatic heterocycles. The Bertz CT molecular complexity index is 752. The van der Waals surface area contributed by atoms with Crippen molar-refractivity contribution in [2.24, 2.45) is 11.8 Å². The van der Waals surface area contributed by atoms with Crippen molar-refractivity contribution in [1.29, 1.82) is 0 Å². The molecule has 2 saturated carbocycles. The summed E-state index contributed by atoms with van der Waals surface area (Å²) in [7, 11) is 0.451. The molecule has 5 heteroatoms. The van der Waals surface area contributed by atoms with Crippen LogP contribution in [0, 0.1) is 11.8 Å². The highest BCUT2D eigenvalue weighted by Gasteiger charge is 2.73. The fourth-order valence-corrected chi connectivity index (χ4v) is 7.32. The molecule has 1 saturated heterocycles. The van der Waals surface area contributed by atoms with Crippen LogP contribution in [0.3, 0.4) is 0 Å². The summed E-state index contributed by atoms with van der Waals surface area (Å²) >= 11 is 0. The van der Waals surface area contributed by atoms with Crippen molar-refractivity contribution in [1.82, 2.24) is 0 Å². The minimum atomic E-state index is -1.36. The molecule has 1 heterocycles. The third kappa shape index (κ3) is 3.97.